The Balaban J connectivity index is 1.88. The van der Waals surface area contributed by atoms with E-state index in [4.69, 9.17) is 5.73 Å². The number of nitrogens with zero attached hydrogens (tertiary/aromatic N) is 1. The van der Waals surface area contributed by atoms with Gasteiger partial charge in [0.2, 0.25) is 0 Å². The summed E-state index contributed by atoms with van der Waals surface area (Å²) in [7, 11) is 0. The fraction of sp³-hybridized carbons (Fsp3) is 0.538. The second-order valence-electron chi connectivity index (χ2n) is 4.46. The van der Waals surface area contributed by atoms with Crippen molar-refractivity contribution < 1.29 is 0 Å². The molecule has 1 aliphatic heterocycles. The van der Waals surface area contributed by atoms with Gasteiger partial charge >= 0.3 is 0 Å². The van der Waals surface area contributed by atoms with Crippen LogP contribution in [0.1, 0.15) is 18.4 Å². The maximum absolute atomic E-state index is 5.90. The van der Waals surface area contributed by atoms with Gasteiger partial charge in [0.05, 0.1) is 0 Å². The summed E-state index contributed by atoms with van der Waals surface area (Å²) in [5.41, 5.74) is 7.31. The van der Waals surface area contributed by atoms with Crippen LogP contribution < -0.4 is 5.73 Å². The lowest BCUT2D eigenvalue weighted by Crippen LogP contribution is -2.39. The highest BCUT2D eigenvalue weighted by atomic mass is 32.2. The van der Waals surface area contributed by atoms with Gasteiger partial charge in [-0.25, -0.2) is 0 Å². The van der Waals surface area contributed by atoms with Crippen LogP contribution in [0.5, 0.6) is 0 Å². The molecular weight excluding hydrogens is 216 g/mol. The van der Waals surface area contributed by atoms with E-state index < -0.39 is 0 Å². The maximum Gasteiger partial charge on any atom is 0.0233 e. The van der Waals surface area contributed by atoms with Crippen LogP contribution in [0.4, 0.5) is 0 Å². The minimum atomic E-state index is 0.426. The third-order valence-electron chi connectivity index (χ3n) is 3.20. The summed E-state index contributed by atoms with van der Waals surface area (Å²) in [6.07, 6.45) is 4.40. The molecule has 0 spiro atoms. The maximum atomic E-state index is 5.90. The Morgan fingerprint density at radius 2 is 1.88 bits per heavy atom. The van der Waals surface area contributed by atoms with Gasteiger partial charge in [0.1, 0.15) is 0 Å². The van der Waals surface area contributed by atoms with E-state index in [0.29, 0.717) is 6.04 Å². The van der Waals surface area contributed by atoms with Crippen LogP contribution in [0.3, 0.4) is 0 Å². The number of hydrogen-bond donors (Lipinski definition) is 1. The molecule has 0 unspecified atom stereocenters. The quantitative estimate of drug-likeness (QED) is 0.817. The molecule has 1 fully saturated rings. The fourth-order valence-corrected chi connectivity index (χ4v) is 2.51. The number of thioether (sulfide) groups is 1. The van der Waals surface area contributed by atoms with Crippen LogP contribution in [0.2, 0.25) is 0 Å². The molecule has 1 aromatic rings. The van der Waals surface area contributed by atoms with Gasteiger partial charge in [-0.05, 0) is 49.9 Å². The highest BCUT2D eigenvalue weighted by Gasteiger charge is 2.15. The normalized spacial score (nSPS) is 18.9. The minimum absolute atomic E-state index is 0.426. The van der Waals surface area contributed by atoms with Crippen molar-refractivity contribution in [2.45, 2.75) is 30.3 Å². The summed E-state index contributed by atoms with van der Waals surface area (Å²) in [6.45, 7) is 3.36. The summed E-state index contributed by atoms with van der Waals surface area (Å²) in [4.78, 5) is 3.83. The molecule has 0 atom stereocenters. The number of benzene rings is 1. The number of likely N-dealkylation sites (tertiary alicyclic amines) is 1. The first-order valence-electron chi connectivity index (χ1n) is 5.89. The van der Waals surface area contributed by atoms with Gasteiger partial charge in [0.25, 0.3) is 0 Å². The van der Waals surface area contributed by atoms with Crippen molar-refractivity contribution in [3.05, 3.63) is 29.8 Å². The first kappa shape index (κ1) is 12.0. The number of nitrogens with two attached hydrogens (primary N) is 1. The zero-order valence-corrected chi connectivity index (χ0v) is 10.7. The SMILES string of the molecule is CSc1ccc(CN2CCC(N)CC2)cc1. The molecule has 0 saturated carbocycles. The average Bonchev–Trinajstić information content (AvgIpc) is 2.33. The van der Waals surface area contributed by atoms with E-state index in [0.717, 1.165) is 32.5 Å². The molecular formula is C13H20N2S. The van der Waals surface area contributed by atoms with Crippen molar-refractivity contribution in [2.24, 2.45) is 5.73 Å². The zero-order chi connectivity index (χ0) is 11.4. The van der Waals surface area contributed by atoms with Gasteiger partial charge in [-0.15, -0.1) is 11.8 Å². The van der Waals surface area contributed by atoms with E-state index in [1.165, 1.54) is 10.5 Å². The summed E-state index contributed by atoms with van der Waals surface area (Å²) in [5, 5.41) is 0. The molecule has 1 aliphatic rings. The van der Waals surface area contributed by atoms with Crippen LogP contribution in [0.15, 0.2) is 29.2 Å². The number of hydrogen-bond acceptors (Lipinski definition) is 3. The summed E-state index contributed by atoms with van der Waals surface area (Å²) < 4.78 is 0. The number of piperidine rings is 1. The lowest BCUT2D eigenvalue weighted by Gasteiger charge is -2.30. The number of rotatable bonds is 3. The van der Waals surface area contributed by atoms with E-state index in [2.05, 4.69) is 35.4 Å². The van der Waals surface area contributed by atoms with Crippen molar-refractivity contribution in [1.82, 2.24) is 4.90 Å². The van der Waals surface area contributed by atoms with Crippen LogP contribution in [0, 0.1) is 0 Å². The molecule has 0 radical (unpaired) electrons. The van der Waals surface area contributed by atoms with Gasteiger partial charge in [0, 0.05) is 17.5 Å². The van der Waals surface area contributed by atoms with Crippen LogP contribution in [0.25, 0.3) is 0 Å². The second kappa shape index (κ2) is 5.71. The van der Waals surface area contributed by atoms with Crippen molar-refractivity contribution in [2.75, 3.05) is 19.3 Å². The predicted octanol–water partition coefficient (Wildman–Crippen LogP) is 2.33. The molecule has 2 nitrogen and oxygen atoms in total. The second-order valence-corrected chi connectivity index (χ2v) is 5.34. The van der Waals surface area contributed by atoms with Crippen molar-refractivity contribution in [3.8, 4) is 0 Å². The van der Waals surface area contributed by atoms with Crippen LogP contribution >= 0.6 is 11.8 Å². The first-order chi connectivity index (χ1) is 7.78. The molecule has 1 saturated heterocycles. The third-order valence-corrected chi connectivity index (χ3v) is 3.94. The van der Waals surface area contributed by atoms with Gasteiger partial charge < -0.3 is 5.73 Å². The molecule has 1 heterocycles. The molecule has 0 aromatic heterocycles. The predicted molar refractivity (Wildman–Crippen MR) is 70.7 cm³/mol. The Labute approximate surface area is 102 Å². The summed E-state index contributed by atoms with van der Waals surface area (Å²) >= 11 is 1.79. The van der Waals surface area contributed by atoms with Gasteiger partial charge in [-0.3, -0.25) is 4.90 Å². The topological polar surface area (TPSA) is 29.3 Å². The fourth-order valence-electron chi connectivity index (χ4n) is 2.10. The lowest BCUT2D eigenvalue weighted by atomic mass is 10.1. The average molecular weight is 236 g/mol. The van der Waals surface area contributed by atoms with Crippen molar-refractivity contribution in [3.63, 3.8) is 0 Å². The van der Waals surface area contributed by atoms with E-state index >= 15 is 0 Å². The molecule has 1 aromatic carbocycles. The van der Waals surface area contributed by atoms with E-state index in [1.54, 1.807) is 11.8 Å². The highest BCUT2D eigenvalue weighted by Crippen LogP contribution is 2.17. The zero-order valence-electron chi connectivity index (χ0n) is 9.86. The Hall–Kier alpha value is -0.510. The van der Waals surface area contributed by atoms with Crippen LogP contribution in [-0.4, -0.2) is 30.3 Å². The lowest BCUT2D eigenvalue weighted by molar-refractivity contribution is 0.205. The third kappa shape index (κ3) is 3.24. The highest BCUT2D eigenvalue weighted by molar-refractivity contribution is 7.98. The van der Waals surface area contributed by atoms with Gasteiger partial charge in [-0.1, -0.05) is 12.1 Å². The summed E-state index contributed by atoms with van der Waals surface area (Å²) in [5.74, 6) is 0. The Bertz CT molecular complexity index is 315. The van der Waals surface area contributed by atoms with E-state index in [1.807, 2.05) is 0 Å². The molecule has 2 rings (SSSR count). The Morgan fingerprint density at radius 3 is 2.44 bits per heavy atom. The van der Waals surface area contributed by atoms with Gasteiger partial charge in [0.15, 0.2) is 0 Å². The summed E-state index contributed by atoms with van der Waals surface area (Å²) in [6, 6.07) is 9.31. The molecule has 0 bridgehead atoms. The monoisotopic (exact) mass is 236 g/mol. The van der Waals surface area contributed by atoms with E-state index in [-0.39, 0.29) is 0 Å². The standard InChI is InChI=1S/C13H20N2S/c1-16-13-4-2-11(3-5-13)10-15-8-6-12(14)7-9-15/h2-5,12H,6-10,14H2,1H3. The van der Waals surface area contributed by atoms with Crippen LogP contribution in [-0.2, 0) is 6.54 Å². The molecule has 0 aliphatic carbocycles. The molecule has 2 N–H and O–H groups in total. The molecule has 0 amide bonds. The van der Waals surface area contributed by atoms with Crippen molar-refractivity contribution >= 4 is 11.8 Å². The molecule has 16 heavy (non-hydrogen) atoms. The molecule has 3 heteroatoms. The van der Waals surface area contributed by atoms with Gasteiger partial charge in [-0.2, -0.15) is 0 Å². The Kier molecular flexibility index (Phi) is 4.27. The minimum Gasteiger partial charge on any atom is -0.328 e. The Morgan fingerprint density at radius 1 is 1.25 bits per heavy atom. The smallest absolute Gasteiger partial charge is 0.0233 e. The van der Waals surface area contributed by atoms with E-state index in [9.17, 15) is 0 Å². The largest absolute Gasteiger partial charge is 0.328 e. The molecule has 88 valence electrons. The van der Waals surface area contributed by atoms with Crippen molar-refractivity contribution in [1.29, 1.82) is 0 Å². The first-order valence-corrected chi connectivity index (χ1v) is 7.11.